The fourth-order valence-corrected chi connectivity index (χ4v) is 3.61. The van der Waals surface area contributed by atoms with Crippen molar-refractivity contribution in [1.82, 2.24) is 19.9 Å². The third kappa shape index (κ3) is 4.63. The van der Waals surface area contributed by atoms with E-state index in [4.69, 9.17) is 0 Å². The van der Waals surface area contributed by atoms with Gasteiger partial charge in [-0.15, -0.1) is 0 Å². The van der Waals surface area contributed by atoms with Gasteiger partial charge in [0.25, 0.3) is 0 Å². The summed E-state index contributed by atoms with van der Waals surface area (Å²) in [7, 11) is 0. The zero-order chi connectivity index (χ0) is 20.9. The molecule has 4 rings (SSSR count). The average molecular weight is 403 g/mol. The number of rotatable bonds is 5. The normalized spacial score (nSPS) is 14.5. The van der Waals surface area contributed by atoms with Crippen LogP contribution >= 0.6 is 0 Å². The number of hydrogen-bond acceptors (Lipinski definition) is 6. The summed E-state index contributed by atoms with van der Waals surface area (Å²) in [6.45, 7) is 7.74. The number of pyridine rings is 1. The highest BCUT2D eigenvalue weighted by atomic mass is 16.2. The first-order valence-corrected chi connectivity index (χ1v) is 10.2. The van der Waals surface area contributed by atoms with Crippen molar-refractivity contribution in [2.45, 2.75) is 13.8 Å². The molecule has 1 N–H and O–H groups in total. The molecule has 0 saturated carbocycles. The van der Waals surface area contributed by atoms with E-state index in [-0.39, 0.29) is 5.91 Å². The van der Waals surface area contributed by atoms with Crippen LogP contribution in [0.15, 0.2) is 55.1 Å². The van der Waals surface area contributed by atoms with E-state index in [2.05, 4.69) is 43.1 Å². The van der Waals surface area contributed by atoms with Crippen LogP contribution in [0.2, 0.25) is 0 Å². The van der Waals surface area contributed by atoms with Crippen LogP contribution in [0.3, 0.4) is 0 Å². The van der Waals surface area contributed by atoms with Crippen molar-refractivity contribution in [1.29, 1.82) is 0 Å². The Bertz CT molecular complexity index is 1020. The molecule has 30 heavy (non-hydrogen) atoms. The van der Waals surface area contributed by atoms with Crippen molar-refractivity contribution in [2.75, 3.05) is 42.9 Å². The maximum absolute atomic E-state index is 12.5. The molecule has 1 saturated heterocycles. The summed E-state index contributed by atoms with van der Waals surface area (Å²) in [6, 6.07) is 11.9. The third-order valence-corrected chi connectivity index (χ3v) is 5.55. The van der Waals surface area contributed by atoms with Crippen LogP contribution in [0.1, 0.15) is 11.1 Å². The van der Waals surface area contributed by atoms with Gasteiger partial charge >= 0.3 is 0 Å². The Labute approximate surface area is 176 Å². The number of amides is 1. The fourth-order valence-electron chi connectivity index (χ4n) is 3.61. The number of piperazine rings is 1. The molecule has 0 atom stereocenters. The number of nitrogens with one attached hydrogen (secondary N) is 1. The fraction of sp³-hybridized carbons (Fsp3) is 0.304. The van der Waals surface area contributed by atoms with Gasteiger partial charge in [-0.2, -0.15) is 0 Å². The maximum Gasteiger partial charge on any atom is 0.238 e. The number of carbonyl (C=O) groups excluding carboxylic acids is 1. The molecule has 1 aromatic carbocycles. The molecule has 0 aliphatic carbocycles. The highest BCUT2D eigenvalue weighted by Crippen LogP contribution is 2.21. The molecule has 1 aliphatic rings. The molecule has 3 heterocycles. The monoisotopic (exact) mass is 402 g/mol. The van der Waals surface area contributed by atoms with Crippen LogP contribution in [0.5, 0.6) is 0 Å². The number of hydrogen-bond donors (Lipinski definition) is 1. The van der Waals surface area contributed by atoms with Crippen molar-refractivity contribution in [2.24, 2.45) is 0 Å². The van der Waals surface area contributed by atoms with Crippen LogP contribution in [0.4, 0.5) is 11.5 Å². The summed E-state index contributed by atoms with van der Waals surface area (Å²) in [5.41, 5.74) is 5.02. The van der Waals surface area contributed by atoms with E-state index < -0.39 is 0 Å². The summed E-state index contributed by atoms with van der Waals surface area (Å²) >= 11 is 0. The van der Waals surface area contributed by atoms with Crippen molar-refractivity contribution < 1.29 is 4.79 Å². The van der Waals surface area contributed by atoms with Gasteiger partial charge in [-0.3, -0.25) is 14.7 Å². The summed E-state index contributed by atoms with van der Waals surface area (Å²) in [5, 5.41) is 3.05. The first-order valence-electron chi connectivity index (χ1n) is 10.2. The number of aromatic nitrogens is 3. The lowest BCUT2D eigenvalue weighted by Crippen LogP contribution is -2.49. The topological polar surface area (TPSA) is 74.2 Å². The second kappa shape index (κ2) is 9.00. The number of nitrogens with zero attached hydrogens (tertiary/aromatic N) is 5. The minimum absolute atomic E-state index is 0.0260. The lowest BCUT2D eigenvalue weighted by Gasteiger charge is -2.35. The molecule has 0 spiro atoms. The average Bonchev–Trinajstić information content (AvgIpc) is 2.78. The van der Waals surface area contributed by atoms with E-state index in [0.29, 0.717) is 6.54 Å². The molecule has 3 aromatic rings. The smallest absolute Gasteiger partial charge is 0.238 e. The first-order chi connectivity index (χ1) is 14.6. The molecule has 2 aromatic heterocycles. The van der Waals surface area contributed by atoms with Crippen molar-refractivity contribution in [3.05, 3.63) is 66.2 Å². The third-order valence-electron chi connectivity index (χ3n) is 5.55. The van der Waals surface area contributed by atoms with E-state index in [9.17, 15) is 4.79 Å². The van der Waals surface area contributed by atoms with Gasteiger partial charge in [-0.05, 0) is 43.2 Å². The standard InChI is InChI=1S/C23H26N6O/c1-17-5-3-7-20(18(17)2)27-23(30)15-28-9-11-29(12-10-28)22-13-21(25-16-26-22)19-6-4-8-24-14-19/h3-8,13-14,16H,9-12,15H2,1-2H3,(H,27,30). The Morgan fingerprint density at radius 2 is 1.90 bits per heavy atom. The van der Waals surface area contributed by atoms with Gasteiger partial charge in [0.15, 0.2) is 0 Å². The van der Waals surface area contributed by atoms with E-state index in [0.717, 1.165) is 54.5 Å². The minimum Gasteiger partial charge on any atom is -0.354 e. The van der Waals surface area contributed by atoms with Crippen LogP contribution in [-0.4, -0.2) is 58.5 Å². The summed E-state index contributed by atoms with van der Waals surface area (Å²) in [4.78, 5) is 29.9. The van der Waals surface area contributed by atoms with Crippen LogP contribution in [0.25, 0.3) is 11.3 Å². The molecule has 0 unspecified atom stereocenters. The minimum atomic E-state index is 0.0260. The zero-order valence-corrected chi connectivity index (χ0v) is 17.4. The zero-order valence-electron chi connectivity index (χ0n) is 17.4. The number of carbonyl (C=O) groups is 1. The van der Waals surface area contributed by atoms with Crippen molar-refractivity contribution >= 4 is 17.4 Å². The van der Waals surface area contributed by atoms with Gasteiger partial charge in [0.1, 0.15) is 12.1 Å². The molecule has 154 valence electrons. The summed E-state index contributed by atoms with van der Waals surface area (Å²) in [5.74, 6) is 0.932. The Morgan fingerprint density at radius 3 is 2.67 bits per heavy atom. The lowest BCUT2D eigenvalue weighted by molar-refractivity contribution is -0.117. The predicted molar refractivity (Wildman–Crippen MR) is 118 cm³/mol. The largest absolute Gasteiger partial charge is 0.354 e. The van der Waals surface area contributed by atoms with Crippen LogP contribution < -0.4 is 10.2 Å². The molecule has 7 heteroatoms. The molecule has 0 bridgehead atoms. The van der Waals surface area contributed by atoms with E-state index in [1.165, 1.54) is 5.56 Å². The molecule has 1 amide bonds. The Kier molecular flexibility index (Phi) is 5.99. The van der Waals surface area contributed by atoms with Crippen LogP contribution in [-0.2, 0) is 4.79 Å². The van der Waals surface area contributed by atoms with Gasteiger partial charge in [-0.25, -0.2) is 9.97 Å². The highest BCUT2D eigenvalue weighted by Gasteiger charge is 2.20. The highest BCUT2D eigenvalue weighted by molar-refractivity contribution is 5.93. The molecular weight excluding hydrogens is 376 g/mol. The predicted octanol–water partition coefficient (Wildman–Crippen LogP) is 2.92. The SMILES string of the molecule is Cc1cccc(NC(=O)CN2CCN(c3cc(-c4cccnc4)ncn3)CC2)c1C. The van der Waals surface area contributed by atoms with Crippen LogP contribution in [0, 0.1) is 13.8 Å². The molecule has 0 radical (unpaired) electrons. The second-order valence-corrected chi connectivity index (χ2v) is 7.56. The van der Waals surface area contributed by atoms with Gasteiger partial charge < -0.3 is 10.2 Å². The first kappa shape index (κ1) is 20.0. The molecule has 1 fully saturated rings. The Morgan fingerprint density at radius 1 is 1.07 bits per heavy atom. The van der Waals surface area contributed by atoms with Gasteiger partial charge in [0.2, 0.25) is 5.91 Å². The summed E-state index contributed by atoms with van der Waals surface area (Å²) < 4.78 is 0. The molecular formula is C23H26N6O. The van der Waals surface area contributed by atoms with Gasteiger partial charge in [-0.1, -0.05) is 12.1 Å². The number of aryl methyl sites for hydroxylation is 1. The summed E-state index contributed by atoms with van der Waals surface area (Å²) in [6.07, 6.45) is 5.15. The second-order valence-electron chi connectivity index (χ2n) is 7.56. The lowest BCUT2D eigenvalue weighted by atomic mass is 10.1. The van der Waals surface area contributed by atoms with Gasteiger partial charge in [0, 0.05) is 55.9 Å². The van der Waals surface area contributed by atoms with E-state index in [1.807, 2.05) is 37.3 Å². The van der Waals surface area contributed by atoms with Crippen molar-refractivity contribution in [3.63, 3.8) is 0 Å². The quantitative estimate of drug-likeness (QED) is 0.707. The van der Waals surface area contributed by atoms with Gasteiger partial charge in [0.05, 0.1) is 12.2 Å². The Hall–Kier alpha value is -3.32. The number of anilines is 2. The molecule has 1 aliphatic heterocycles. The molecule has 7 nitrogen and oxygen atoms in total. The van der Waals surface area contributed by atoms with E-state index >= 15 is 0 Å². The number of benzene rings is 1. The maximum atomic E-state index is 12.5. The van der Waals surface area contributed by atoms with E-state index in [1.54, 1.807) is 18.7 Å². The Balaban J connectivity index is 1.33. The van der Waals surface area contributed by atoms with Crippen molar-refractivity contribution in [3.8, 4) is 11.3 Å².